The number of benzene rings is 1. The van der Waals surface area contributed by atoms with Crippen molar-refractivity contribution in [2.45, 2.75) is 12.3 Å². The molecule has 2 aromatic rings. The van der Waals surface area contributed by atoms with Gasteiger partial charge >= 0.3 is 0 Å². The summed E-state index contributed by atoms with van der Waals surface area (Å²) in [6.45, 7) is 1.77. The first-order valence-corrected chi connectivity index (χ1v) is 6.97. The first kappa shape index (κ1) is 11.6. The molecular weight excluding hydrogens is 246 g/mol. The van der Waals surface area contributed by atoms with Gasteiger partial charge in [-0.2, -0.15) is 11.3 Å². The Morgan fingerprint density at radius 3 is 2.83 bits per heavy atom. The molecule has 1 aromatic carbocycles. The lowest BCUT2D eigenvalue weighted by Gasteiger charge is -2.17. The summed E-state index contributed by atoms with van der Waals surface area (Å²) in [5.41, 5.74) is 3.50. The fourth-order valence-electron chi connectivity index (χ4n) is 2.53. The van der Waals surface area contributed by atoms with Gasteiger partial charge in [0.1, 0.15) is 0 Å². The molecule has 0 spiro atoms. The lowest BCUT2D eigenvalue weighted by Crippen LogP contribution is -2.20. The maximum atomic E-state index is 9.71. The highest BCUT2D eigenvalue weighted by Crippen LogP contribution is 2.36. The van der Waals surface area contributed by atoms with Gasteiger partial charge in [-0.3, -0.25) is 0 Å². The Balaban J connectivity index is 2.11. The van der Waals surface area contributed by atoms with E-state index in [1.807, 2.05) is 0 Å². The zero-order valence-corrected chi connectivity index (χ0v) is 10.7. The van der Waals surface area contributed by atoms with E-state index in [1.54, 1.807) is 23.5 Å². The molecule has 0 amide bonds. The molecule has 1 atom stereocenters. The Bertz CT molecular complexity index is 551. The van der Waals surface area contributed by atoms with Crippen LogP contribution in [0.5, 0.6) is 11.5 Å². The van der Waals surface area contributed by atoms with Crippen LogP contribution < -0.4 is 5.32 Å². The van der Waals surface area contributed by atoms with Gasteiger partial charge in [0, 0.05) is 12.5 Å². The van der Waals surface area contributed by atoms with Gasteiger partial charge in [-0.05, 0) is 58.6 Å². The van der Waals surface area contributed by atoms with E-state index < -0.39 is 0 Å². The second-order valence-corrected chi connectivity index (χ2v) is 5.38. The maximum Gasteiger partial charge on any atom is 0.157 e. The standard InChI is InChI=1S/C14H15NO2S/c16-13-5-9-1-3-15-7-12(10-2-4-18-8-10)11(9)6-14(13)17/h2,4-6,8,12,15-17H,1,3,7H2. The average Bonchev–Trinajstić information content (AvgIpc) is 2.80. The predicted octanol–water partition coefficient (Wildman–Crippen LogP) is 2.44. The number of aromatic hydroxyl groups is 2. The molecule has 0 radical (unpaired) electrons. The molecule has 0 aliphatic carbocycles. The molecule has 1 aromatic heterocycles. The minimum absolute atomic E-state index is 0.0280. The molecule has 1 aliphatic heterocycles. The van der Waals surface area contributed by atoms with Gasteiger partial charge in [-0.25, -0.2) is 0 Å². The summed E-state index contributed by atoms with van der Waals surface area (Å²) in [7, 11) is 0. The minimum atomic E-state index is -0.0316. The van der Waals surface area contributed by atoms with Crippen LogP contribution in [-0.2, 0) is 6.42 Å². The third-order valence-corrected chi connectivity index (χ3v) is 4.18. The molecule has 4 heteroatoms. The van der Waals surface area contributed by atoms with Crippen LogP contribution in [0.1, 0.15) is 22.6 Å². The second-order valence-electron chi connectivity index (χ2n) is 4.60. The lowest BCUT2D eigenvalue weighted by atomic mass is 9.89. The number of hydrogen-bond donors (Lipinski definition) is 3. The third-order valence-electron chi connectivity index (χ3n) is 3.48. The molecule has 2 heterocycles. The SMILES string of the molecule is Oc1cc2c(cc1O)C(c1ccsc1)CNCC2. The number of fused-ring (bicyclic) bond motifs is 1. The number of thiophene rings is 1. The summed E-state index contributed by atoms with van der Waals surface area (Å²) in [4.78, 5) is 0. The van der Waals surface area contributed by atoms with Crippen LogP contribution in [0, 0.1) is 0 Å². The smallest absolute Gasteiger partial charge is 0.157 e. The first-order valence-electron chi connectivity index (χ1n) is 6.03. The molecular formula is C14H15NO2S. The Hall–Kier alpha value is -1.52. The summed E-state index contributed by atoms with van der Waals surface area (Å²) in [5.74, 6) is 0.191. The number of phenols is 2. The number of nitrogens with one attached hydrogen (secondary N) is 1. The first-order chi connectivity index (χ1) is 8.75. The molecule has 0 fully saturated rings. The summed E-state index contributed by atoms with van der Waals surface area (Å²) < 4.78 is 0. The van der Waals surface area contributed by atoms with E-state index in [1.165, 1.54) is 5.56 Å². The largest absolute Gasteiger partial charge is 0.504 e. The Kier molecular flexibility index (Phi) is 2.97. The van der Waals surface area contributed by atoms with Crippen molar-refractivity contribution in [3.05, 3.63) is 45.6 Å². The summed E-state index contributed by atoms with van der Waals surface area (Å²) in [5, 5.41) is 27.0. The van der Waals surface area contributed by atoms with Crippen molar-refractivity contribution in [3.8, 4) is 11.5 Å². The van der Waals surface area contributed by atoms with Crippen molar-refractivity contribution in [1.29, 1.82) is 0 Å². The zero-order valence-electron chi connectivity index (χ0n) is 9.89. The maximum absolute atomic E-state index is 9.71. The van der Waals surface area contributed by atoms with E-state index in [0.717, 1.165) is 30.6 Å². The van der Waals surface area contributed by atoms with Crippen molar-refractivity contribution < 1.29 is 10.2 Å². The van der Waals surface area contributed by atoms with Crippen molar-refractivity contribution in [3.63, 3.8) is 0 Å². The molecule has 3 N–H and O–H groups in total. The van der Waals surface area contributed by atoms with E-state index in [2.05, 4.69) is 22.1 Å². The van der Waals surface area contributed by atoms with Crippen molar-refractivity contribution in [1.82, 2.24) is 5.32 Å². The highest BCUT2D eigenvalue weighted by atomic mass is 32.1. The molecule has 3 rings (SSSR count). The monoisotopic (exact) mass is 261 g/mol. The minimum Gasteiger partial charge on any atom is -0.504 e. The van der Waals surface area contributed by atoms with E-state index in [4.69, 9.17) is 0 Å². The lowest BCUT2D eigenvalue weighted by molar-refractivity contribution is 0.402. The molecule has 1 aliphatic rings. The summed E-state index contributed by atoms with van der Waals surface area (Å²) in [6, 6.07) is 5.52. The highest BCUT2D eigenvalue weighted by molar-refractivity contribution is 7.08. The van der Waals surface area contributed by atoms with E-state index in [-0.39, 0.29) is 17.4 Å². The van der Waals surface area contributed by atoms with Gasteiger partial charge in [0.25, 0.3) is 0 Å². The molecule has 0 bridgehead atoms. The van der Waals surface area contributed by atoms with Crippen LogP contribution in [-0.4, -0.2) is 23.3 Å². The summed E-state index contributed by atoms with van der Waals surface area (Å²) in [6.07, 6.45) is 0.879. The average molecular weight is 261 g/mol. The summed E-state index contributed by atoms with van der Waals surface area (Å²) >= 11 is 1.68. The van der Waals surface area contributed by atoms with E-state index >= 15 is 0 Å². The molecule has 94 valence electrons. The van der Waals surface area contributed by atoms with Gasteiger partial charge in [-0.1, -0.05) is 0 Å². The molecule has 0 saturated heterocycles. The number of rotatable bonds is 1. The van der Waals surface area contributed by atoms with Gasteiger partial charge < -0.3 is 15.5 Å². The van der Waals surface area contributed by atoms with Gasteiger partial charge in [0.2, 0.25) is 0 Å². The Labute approximate surface area is 110 Å². The third kappa shape index (κ3) is 1.98. The van der Waals surface area contributed by atoms with Gasteiger partial charge in [0.15, 0.2) is 11.5 Å². The highest BCUT2D eigenvalue weighted by Gasteiger charge is 2.22. The fourth-order valence-corrected chi connectivity index (χ4v) is 3.24. The van der Waals surface area contributed by atoms with Crippen LogP contribution in [0.2, 0.25) is 0 Å². The predicted molar refractivity (Wildman–Crippen MR) is 72.5 cm³/mol. The fraction of sp³-hybridized carbons (Fsp3) is 0.286. The quantitative estimate of drug-likeness (QED) is 0.691. The van der Waals surface area contributed by atoms with E-state index in [9.17, 15) is 10.2 Å². The molecule has 3 nitrogen and oxygen atoms in total. The molecule has 0 saturated carbocycles. The van der Waals surface area contributed by atoms with Gasteiger partial charge in [-0.15, -0.1) is 0 Å². The topological polar surface area (TPSA) is 52.5 Å². The van der Waals surface area contributed by atoms with Crippen LogP contribution in [0.25, 0.3) is 0 Å². The van der Waals surface area contributed by atoms with Crippen LogP contribution in [0.15, 0.2) is 29.0 Å². The molecule has 18 heavy (non-hydrogen) atoms. The Morgan fingerprint density at radius 1 is 1.22 bits per heavy atom. The Morgan fingerprint density at radius 2 is 2.06 bits per heavy atom. The van der Waals surface area contributed by atoms with Crippen molar-refractivity contribution in [2.24, 2.45) is 0 Å². The van der Waals surface area contributed by atoms with Crippen LogP contribution >= 0.6 is 11.3 Å². The second kappa shape index (κ2) is 4.63. The van der Waals surface area contributed by atoms with Crippen LogP contribution in [0.3, 0.4) is 0 Å². The number of phenolic OH excluding ortho intramolecular Hbond substituents is 2. The van der Waals surface area contributed by atoms with E-state index in [0.29, 0.717) is 0 Å². The van der Waals surface area contributed by atoms with Crippen molar-refractivity contribution in [2.75, 3.05) is 13.1 Å². The molecule has 1 unspecified atom stereocenters. The van der Waals surface area contributed by atoms with Crippen LogP contribution in [0.4, 0.5) is 0 Å². The van der Waals surface area contributed by atoms with Gasteiger partial charge in [0.05, 0.1) is 0 Å². The zero-order chi connectivity index (χ0) is 12.5. The normalized spacial score (nSPS) is 19.2. The van der Waals surface area contributed by atoms with Crippen molar-refractivity contribution >= 4 is 11.3 Å². The number of hydrogen-bond acceptors (Lipinski definition) is 4.